The Kier molecular flexibility index (Phi) is 5.24. The van der Waals surface area contributed by atoms with Gasteiger partial charge in [0.15, 0.2) is 9.84 Å². The average molecular weight is 428 g/mol. The predicted octanol–water partition coefficient (Wildman–Crippen LogP) is 1.94. The molecule has 1 fully saturated rings. The molecular weight excluding hydrogens is 410 g/mol. The molecule has 3 N–H and O–H groups in total. The van der Waals surface area contributed by atoms with Crippen LogP contribution in [0.15, 0.2) is 24.7 Å². The van der Waals surface area contributed by atoms with Gasteiger partial charge in [0.25, 0.3) is 5.91 Å². The van der Waals surface area contributed by atoms with Gasteiger partial charge in [-0.25, -0.2) is 18.4 Å². The SMILES string of the molecule is CC1(C)C(=N)N[C@H](c2sc(C(=O)NCc3ccncn3)cc2Cl)CS1(=O)=O. The van der Waals surface area contributed by atoms with Crippen molar-refractivity contribution in [2.45, 2.75) is 31.2 Å². The van der Waals surface area contributed by atoms with Crippen molar-refractivity contribution in [3.05, 3.63) is 45.1 Å². The van der Waals surface area contributed by atoms with Gasteiger partial charge in [-0.15, -0.1) is 11.3 Å². The fourth-order valence-corrected chi connectivity index (χ4v) is 5.55. The standard InChI is InChI=1S/C16H18ClN5O3S2/c1-16(2)15(18)22-11(7-27(16,24)25)13-10(17)5-12(26-13)14(23)20-6-9-3-4-19-8-21-9/h3-5,8,11H,6-7H2,1-2H3,(H2,18,22)(H,20,23)/t11-/m0/s1. The van der Waals surface area contributed by atoms with E-state index in [2.05, 4.69) is 20.6 Å². The molecule has 1 amide bonds. The highest BCUT2D eigenvalue weighted by molar-refractivity contribution is 7.93. The van der Waals surface area contributed by atoms with Crippen molar-refractivity contribution in [1.29, 1.82) is 5.41 Å². The maximum Gasteiger partial charge on any atom is 0.261 e. The molecule has 3 heterocycles. The van der Waals surface area contributed by atoms with Crippen LogP contribution in [0.5, 0.6) is 0 Å². The van der Waals surface area contributed by atoms with E-state index in [1.54, 1.807) is 12.3 Å². The number of halogens is 1. The third-order valence-corrected chi connectivity index (χ3v) is 8.61. The minimum absolute atomic E-state index is 0.0852. The highest BCUT2D eigenvalue weighted by Gasteiger charge is 2.46. The molecule has 1 aliphatic heterocycles. The number of sulfone groups is 1. The third kappa shape index (κ3) is 3.83. The third-order valence-electron chi connectivity index (χ3n) is 4.41. The second kappa shape index (κ2) is 7.17. The zero-order valence-electron chi connectivity index (χ0n) is 14.6. The number of nitrogens with zero attached hydrogens (tertiary/aromatic N) is 2. The van der Waals surface area contributed by atoms with Crippen molar-refractivity contribution in [1.82, 2.24) is 20.6 Å². The topological polar surface area (TPSA) is 125 Å². The first-order valence-corrected chi connectivity index (χ1v) is 10.9. The van der Waals surface area contributed by atoms with Crippen LogP contribution in [0, 0.1) is 5.41 Å². The first-order chi connectivity index (χ1) is 12.6. The largest absolute Gasteiger partial charge is 0.364 e. The van der Waals surface area contributed by atoms with E-state index in [1.165, 1.54) is 26.2 Å². The smallest absolute Gasteiger partial charge is 0.261 e. The summed E-state index contributed by atoms with van der Waals surface area (Å²) in [6, 6.07) is 2.54. The van der Waals surface area contributed by atoms with Crippen molar-refractivity contribution in [2.75, 3.05) is 5.75 Å². The number of aromatic nitrogens is 2. The normalized spacial score (nSPS) is 20.7. The summed E-state index contributed by atoms with van der Waals surface area (Å²) in [6.07, 6.45) is 2.98. The molecule has 144 valence electrons. The molecule has 0 spiro atoms. The lowest BCUT2D eigenvalue weighted by Crippen LogP contribution is -2.56. The van der Waals surface area contributed by atoms with Gasteiger partial charge in [-0.05, 0) is 26.0 Å². The number of carbonyl (C=O) groups excluding carboxylic acids is 1. The van der Waals surface area contributed by atoms with Crippen LogP contribution < -0.4 is 10.6 Å². The lowest BCUT2D eigenvalue weighted by Gasteiger charge is -2.36. The molecule has 0 unspecified atom stereocenters. The average Bonchev–Trinajstić information content (AvgIpc) is 3.00. The van der Waals surface area contributed by atoms with Crippen LogP contribution >= 0.6 is 22.9 Å². The van der Waals surface area contributed by atoms with Gasteiger partial charge >= 0.3 is 0 Å². The molecule has 0 bridgehead atoms. The number of rotatable bonds is 4. The Morgan fingerprint density at radius 2 is 2.26 bits per heavy atom. The fourth-order valence-electron chi connectivity index (χ4n) is 2.53. The number of amides is 1. The second-order valence-electron chi connectivity index (χ2n) is 6.57. The van der Waals surface area contributed by atoms with Gasteiger partial charge in [0, 0.05) is 11.1 Å². The van der Waals surface area contributed by atoms with E-state index in [1.807, 2.05) is 0 Å². The van der Waals surface area contributed by atoms with E-state index in [4.69, 9.17) is 17.0 Å². The molecular formula is C16H18ClN5O3S2. The molecule has 0 saturated carbocycles. The van der Waals surface area contributed by atoms with Crippen LogP contribution in [0.3, 0.4) is 0 Å². The lowest BCUT2D eigenvalue weighted by atomic mass is 10.1. The molecule has 0 aromatic carbocycles. The van der Waals surface area contributed by atoms with E-state index in [0.717, 1.165) is 11.3 Å². The Morgan fingerprint density at radius 1 is 1.52 bits per heavy atom. The minimum Gasteiger partial charge on any atom is -0.364 e. The van der Waals surface area contributed by atoms with Crippen LogP contribution in [0.4, 0.5) is 0 Å². The van der Waals surface area contributed by atoms with E-state index in [9.17, 15) is 13.2 Å². The first-order valence-electron chi connectivity index (χ1n) is 8.02. The number of hydrogen-bond acceptors (Lipinski definition) is 7. The molecule has 2 aromatic heterocycles. The van der Waals surface area contributed by atoms with Crippen molar-refractivity contribution in [2.24, 2.45) is 0 Å². The first kappa shape index (κ1) is 19.7. The summed E-state index contributed by atoms with van der Waals surface area (Å²) in [5.74, 6) is -0.608. The number of thiophene rings is 1. The minimum atomic E-state index is -3.54. The summed E-state index contributed by atoms with van der Waals surface area (Å²) >= 11 is 7.37. The Bertz CT molecular complexity index is 989. The van der Waals surface area contributed by atoms with E-state index < -0.39 is 20.6 Å². The monoisotopic (exact) mass is 427 g/mol. The molecule has 8 nitrogen and oxygen atoms in total. The molecule has 1 atom stereocenters. The van der Waals surface area contributed by atoms with Crippen LogP contribution in [-0.4, -0.2) is 40.6 Å². The summed E-state index contributed by atoms with van der Waals surface area (Å²) in [5.41, 5.74) is 0.664. The van der Waals surface area contributed by atoms with E-state index >= 15 is 0 Å². The fraction of sp³-hybridized carbons (Fsp3) is 0.375. The summed E-state index contributed by atoms with van der Waals surface area (Å²) in [4.78, 5) is 21.1. The second-order valence-corrected chi connectivity index (χ2v) is 10.6. The molecule has 1 saturated heterocycles. The van der Waals surface area contributed by atoms with Gasteiger partial charge < -0.3 is 10.6 Å². The summed E-state index contributed by atoms with van der Waals surface area (Å²) in [7, 11) is -3.54. The highest BCUT2D eigenvalue weighted by atomic mass is 35.5. The molecule has 11 heteroatoms. The van der Waals surface area contributed by atoms with Crippen LogP contribution in [0.25, 0.3) is 0 Å². The van der Waals surface area contributed by atoms with Crippen LogP contribution in [-0.2, 0) is 16.4 Å². The Morgan fingerprint density at radius 3 is 2.89 bits per heavy atom. The summed E-state index contributed by atoms with van der Waals surface area (Å²) in [6.45, 7) is 3.23. The van der Waals surface area contributed by atoms with Gasteiger partial charge in [-0.1, -0.05) is 11.6 Å². The van der Waals surface area contributed by atoms with Crippen molar-refractivity contribution < 1.29 is 13.2 Å². The quantitative estimate of drug-likeness (QED) is 0.684. The number of hydrogen-bond donors (Lipinski definition) is 3. The maximum absolute atomic E-state index is 12.5. The number of nitrogens with one attached hydrogen (secondary N) is 3. The summed E-state index contributed by atoms with van der Waals surface area (Å²) < 4.78 is 23.7. The Hall–Kier alpha value is -2.04. The predicted molar refractivity (Wildman–Crippen MR) is 104 cm³/mol. The van der Waals surface area contributed by atoms with Crippen molar-refractivity contribution in [3.8, 4) is 0 Å². The van der Waals surface area contributed by atoms with Gasteiger partial charge in [-0.2, -0.15) is 0 Å². The van der Waals surface area contributed by atoms with Crippen LogP contribution in [0.2, 0.25) is 5.02 Å². The van der Waals surface area contributed by atoms with E-state index in [-0.39, 0.29) is 24.0 Å². The number of amidine groups is 1. The van der Waals surface area contributed by atoms with Gasteiger partial charge in [-0.3, -0.25) is 10.2 Å². The molecule has 27 heavy (non-hydrogen) atoms. The van der Waals surface area contributed by atoms with Gasteiger partial charge in [0.2, 0.25) is 0 Å². The zero-order valence-corrected chi connectivity index (χ0v) is 17.0. The van der Waals surface area contributed by atoms with Gasteiger partial charge in [0.1, 0.15) is 16.9 Å². The zero-order chi connectivity index (χ0) is 19.8. The molecule has 3 rings (SSSR count). The maximum atomic E-state index is 12.5. The number of carbonyl (C=O) groups is 1. The van der Waals surface area contributed by atoms with Gasteiger partial charge in [0.05, 0.1) is 33.9 Å². The van der Waals surface area contributed by atoms with Crippen molar-refractivity contribution in [3.63, 3.8) is 0 Å². The van der Waals surface area contributed by atoms with E-state index in [0.29, 0.717) is 20.5 Å². The molecule has 1 aliphatic rings. The molecule has 0 radical (unpaired) electrons. The lowest BCUT2D eigenvalue weighted by molar-refractivity contribution is 0.0954. The Balaban J connectivity index is 1.77. The molecule has 2 aromatic rings. The highest BCUT2D eigenvalue weighted by Crippen LogP contribution is 2.37. The summed E-state index contributed by atoms with van der Waals surface area (Å²) in [5, 5.41) is 14.0. The molecule has 0 aliphatic carbocycles. The van der Waals surface area contributed by atoms with Crippen molar-refractivity contribution >= 4 is 44.5 Å². The van der Waals surface area contributed by atoms with Crippen LogP contribution in [0.1, 0.15) is 40.1 Å². The Labute approximate surface area is 165 Å².